The highest BCUT2D eigenvalue weighted by molar-refractivity contribution is 7.85. The minimum Gasteiger partial charge on any atom is -0.444 e. The molecule has 1 fully saturated rings. The number of carbonyl (C=O) groups is 1. The van der Waals surface area contributed by atoms with Gasteiger partial charge in [0.1, 0.15) is 6.10 Å². The lowest BCUT2D eigenvalue weighted by atomic mass is 9.94. The molecular weight excluding hydrogens is 350 g/mol. The molecule has 10 heteroatoms. The summed E-state index contributed by atoms with van der Waals surface area (Å²) in [5.41, 5.74) is 2.11. The normalized spacial score (nSPS) is 23.0. The fraction of sp³-hybridized carbons (Fsp3) is 0.733. The molecule has 2 aliphatic heterocycles. The van der Waals surface area contributed by atoms with Gasteiger partial charge in [0.05, 0.1) is 37.5 Å². The van der Waals surface area contributed by atoms with E-state index in [0.29, 0.717) is 31.9 Å². The first-order chi connectivity index (χ1) is 11.7. The van der Waals surface area contributed by atoms with E-state index in [-0.39, 0.29) is 18.2 Å². The predicted molar refractivity (Wildman–Crippen MR) is 89.8 cm³/mol. The first-order valence-electron chi connectivity index (χ1n) is 8.16. The third-order valence-electron chi connectivity index (χ3n) is 3.99. The van der Waals surface area contributed by atoms with Gasteiger partial charge in [-0.25, -0.2) is 9.78 Å². The quantitative estimate of drug-likeness (QED) is 0.749. The van der Waals surface area contributed by atoms with Gasteiger partial charge >= 0.3 is 6.09 Å². The lowest BCUT2D eigenvalue weighted by Gasteiger charge is -2.36. The van der Waals surface area contributed by atoms with Crippen LogP contribution >= 0.6 is 0 Å². The summed E-state index contributed by atoms with van der Waals surface area (Å²) in [6.07, 6.45) is 3.67. The van der Waals surface area contributed by atoms with Gasteiger partial charge in [-0.15, -0.1) is 0 Å². The lowest BCUT2D eigenvalue weighted by molar-refractivity contribution is 0.0344. The third-order valence-corrected chi connectivity index (χ3v) is 3.99. The van der Waals surface area contributed by atoms with Crippen LogP contribution in [0.3, 0.4) is 0 Å². The van der Waals surface area contributed by atoms with Gasteiger partial charge in [0.15, 0.2) is 0 Å². The van der Waals surface area contributed by atoms with E-state index in [4.69, 9.17) is 14.0 Å². The average molecular weight is 375 g/mol. The van der Waals surface area contributed by atoms with E-state index in [1.807, 2.05) is 4.90 Å². The number of rotatable bonds is 2. The number of ether oxygens (including phenoxy) is 2. The molecule has 1 aromatic rings. The molecule has 0 bridgehead atoms. The Morgan fingerprint density at radius 3 is 2.76 bits per heavy atom. The highest BCUT2D eigenvalue weighted by atomic mass is 32.2. The van der Waals surface area contributed by atoms with Gasteiger partial charge in [-0.2, -0.15) is 8.42 Å². The Bertz CT molecular complexity index is 673. The molecule has 0 radical (unpaired) electrons. The van der Waals surface area contributed by atoms with Crippen molar-refractivity contribution in [1.82, 2.24) is 14.9 Å². The van der Waals surface area contributed by atoms with Crippen LogP contribution in [0.4, 0.5) is 4.79 Å². The molecule has 1 saturated heterocycles. The fourth-order valence-corrected chi connectivity index (χ4v) is 3.00. The number of H-pyrrole nitrogens is 1. The van der Waals surface area contributed by atoms with Gasteiger partial charge in [0.2, 0.25) is 0 Å². The maximum Gasteiger partial charge on any atom is 0.410 e. The minimum atomic E-state index is -3.67. The Hall–Kier alpha value is -1.65. The summed E-state index contributed by atoms with van der Waals surface area (Å²) in [5.74, 6) is 0.296. The molecule has 25 heavy (non-hydrogen) atoms. The topological polar surface area (TPSA) is 122 Å². The zero-order valence-electron chi connectivity index (χ0n) is 14.6. The van der Waals surface area contributed by atoms with Crippen molar-refractivity contribution in [3.05, 3.63) is 17.7 Å². The average Bonchev–Trinajstić information content (AvgIpc) is 3.14. The van der Waals surface area contributed by atoms with Crippen molar-refractivity contribution in [1.29, 1.82) is 0 Å². The number of aromatic amines is 1. The standard InChI is InChI=1S/C14H21N3O3.CH4O3S/c1-9(2)13-12-11(15-8-16-12)3-5-17(13)14(18)20-10-4-6-19-7-10;1-5(2,3)4/h8-10,13H,3-7H2,1-2H3,(H,15,16);1H3,(H,2,3,4)/t10-,13?;/m0./s1. The fourth-order valence-electron chi connectivity index (χ4n) is 3.00. The molecular formula is C15H25N3O6S. The van der Waals surface area contributed by atoms with E-state index in [9.17, 15) is 13.2 Å². The molecule has 1 unspecified atom stereocenters. The summed E-state index contributed by atoms with van der Waals surface area (Å²) in [6, 6.07) is -0.0141. The van der Waals surface area contributed by atoms with Crippen LogP contribution in [-0.2, 0) is 26.0 Å². The molecule has 3 rings (SSSR count). The van der Waals surface area contributed by atoms with Gasteiger partial charge in [0, 0.05) is 25.1 Å². The van der Waals surface area contributed by atoms with Crippen molar-refractivity contribution in [2.45, 2.75) is 38.8 Å². The molecule has 3 heterocycles. The Kier molecular flexibility index (Phi) is 6.42. The Labute approximate surface area is 147 Å². The third kappa shape index (κ3) is 5.68. The summed E-state index contributed by atoms with van der Waals surface area (Å²) in [5, 5.41) is 0. The van der Waals surface area contributed by atoms with E-state index in [0.717, 1.165) is 24.2 Å². The first-order valence-corrected chi connectivity index (χ1v) is 10.0. The largest absolute Gasteiger partial charge is 0.444 e. The van der Waals surface area contributed by atoms with E-state index in [1.165, 1.54) is 0 Å². The van der Waals surface area contributed by atoms with E-state index < -0.39 is 10.1 Å². The second-order valence-corrected chi connectivity index (χ2v) is 7.97. The Morgan fingerprint density at radius 2 is 2.20 bits per heavy atom. The maximum atomic E-state index is 12.4. The molecule has 0 aliphatic carbocycles. The molecule has 2 atom stereocenters. The number of fused-ring (bicyclic) bond motifs is 1. The summed E-state index contributed by atoms with van der Waals surface area (Å²) in [6.45, 7) is 6.07. The van der Waals surface area contributed by atoms with Crippen molar-refractivity contribution < 1.29 is 27.2 Å². The first kappa shape index (κ1) is 19.7. The van der Waals surface area contributed by atoms with Crippen molar-refractivity contribution in [3.63, 3.8) is 0 Å². The van der Waals surface area contributed by atoms with Crippen LogP contribution in [-0.4, -0.2) is 66.0 Å². The summed E-state index contributed by atoms with van der Waals surface area (Å²) < 4.78 is 36.7. The molecule has 9 nitrogen and oxygen atoms in total. The number of amides is 1. The maximum absolute atomic E-state index is 12.4. The van der Waals surface area contributed by atoms with Gasteiger partial charge in [0.25, 0.3) is 10.1 Å². The molecule has 2 aliphatic rings. The van der Waals surface area contributed by atoms with E-state index in [2.05, 4.69) is 23.8 Å². The second kappa shape index (κ2) is 8.15. The van der Waals surface area contributed by atoms with Crippen molar-refractivity contribution in [2.24, 2.45) is 5.92 Å². The van der Waals surface area contributed by atoms with E-state index >= 15 is 0 Å². The van der Waals surface area contributed by atoms with Crippen molar-refractivity contribution >= 4 is 16.2 Å². The van der Waals surface area contributed by atoms with Crippen LogP contribution in [0.5, 0.6) is 0 Å². The van der Waals surface area contributed by atoms with Gasteiger partial charge in [-0.3, -0.25) is 9.45 Å². The van der Waals surface area contributed by atoms with Crippen LogP contribution in [0, 0.1) is 5.92 Å². The molecule has 2 N–H and O–H groups in total. The number of nitrogens with one attached hydrogen (secondary N) is 1. The number of hydrogen-bond acceptors (Lipinski definition) is 6. The number of hydrogen-bond donors (Lipinski definition) is 2. The highest BCUT2D eigenvalue weighted by Gasteiger charge is 2.36. The molecule has 1 aromatic heterocycles. The number of nitrogens with zero attached hydrogens (tertiary/aromatic N) is 2. The van der Waals surface area contributed by atoms with Crippen LogP contribution in [0.25, 0.3) is 0 Å². The summed E-state index contributed by atoms with van der Waals surface area (Å²) in [7, 11) is -3.67. The number of carbonyl (C=O) groups excluding carboxylic acids is 1. The van der Waals surface area contributed by atoms with Crippen LogP contribution in [0.1, 0.15) is 37.7 Å². The molecule has 0 saturated carbocycles. The molecule has 0 spiro atoms. The summed E-state index contributed by atoms with van der Waals surface area (Å²) in [4.78, 5) is 21.8. The summed E-state index contributed by atoms with van der Waals surface area (Å²) >= 11 is 0. The molecule has 142 valence electrons. The van der Waals surface area contributed by atoms with Gasteiger partial charge in [-0.05, 0) is 5.92 Å². The monoisotopic (exact) mass is 375 g/mol. The number of aromatic nitrogens is 2. The Balaban J connectivity index is 0.000000399. The van der Waals surface area contributed by atoms with Gasteiger partial charge in [-0.1, -0.05) is 13.8 Å². The zero-order chi connectivity index (χ0) is 18.6. The molecule has 1 amide bonds. The smallest absolute Gasteiger partial charge is 0.410 e. The van der Waals surface area contributed by atoms with E-state index in [1.54, 1.807) is 6.33 Å². The number of imidazole rings is 1. The van der Waals surface area contributed by atoms with Crippen molar-refractivity contribution in [3.8, 4) is 0 Å². The minimum absolute atomic E-state index is 0.0141. The van der Waals surface area contributed by atoms with Crippen LogP contribution in [0.15, 0.2) is 6.33 Å². The van der Waals surface area contributed by atoms with Crippen molar-refractivity contribution in [2.75, 3.05) is 26.0 Å². The molecule has 0 aromatic carbocycles. The predicted octanol–water partition coefficient (Wildman–Crippen LogP) is 1.39. The Morgan fingerprint density at radius 1 is 1.52 bits per heavy atom. The van der Waals surface area contributed by atoms with Crippen LogP contribution in [0.2, 0.25) is 0 Å². The van der Waals surface area contributed by atoms with Crippen LogP contribution < -0.4 is 0 Å². The second-order valence-electron chi connectivity index (χ2n) is 6.50. The lowest BCUT2D eigenvalue weighted by Crippen LogP contribution is -2.43. The zero-order valence-corrected chi connectivity index (χ0v) is 15.5. The van der Waals surface area contributed by atoms with Gasteiger partial charge < -0.3 is 14.5 Å². The SMILES string of the molecule is CC(C)C1c2nc[nH]c2CCN1C(=O)O[C@H]1CCOC1.CS(=O)(=O)O. The highest BCUT2D eigenvalue weighted by Crippen LogP contribution is 2.33.